The second-order valence-electron chi connectivity index (χ2n) is 9.89. The van der Waals surface area contributed by atoms with Crippen LogP contribution in [-0.4, -0.2) is 50.0 Å². The Labute approximate surface area is 237 Å². The number of nitrogens with zero attached hydrogens (tertiary/aromatic N) is 1. The average molecular weight is 566 g/mol. The van der Waals surface area contributed by atoms with Crippen LogP contribution >= 0.6 is 0 Å². The molecule has 4 rings (SSSR count). The van der Waals surface area contributed by atoms with Gasteiger partial charge in [-0.1, -0.05) is 105 Å². The number of hydrogen-bond donors (Lipinski definition) is 1. The van der Waals surface area contributed by atoms with Crippen molar-refractivity contribution in [2.75, 3.05) is 20.6 Å². The highest BCUT2D eigenvalue weighted by atomic mass is 32.2. The molecular weight excluding hydrogens is 526 g/mol. The largest absolute Gasteiger partial charge is 0.453 e. The van der Waals surface area contributed by atoms with Crippen molar-refractivity contribution >= 4 is 26.9 Å². The van der Waals surface area contributed by atoms with Crippen LogP contribution in [0, 0.1) is 5.92 Å². The quantitative estimate of drug-likeness (QED) is 0.211. The Balaban J connectivity index is 0.000000316. The third-order valence-electron chi connectivity index (χ3n) is 6.61. The molecule has 8 heteroatoms. The summed E-state index contributed by atoms with van der Waals surface area (Å²) in [4.78, 5) is 14.4. The molecule has 0 saturated carbocycles. The molecule has 0 spiro atoms. The van der Waals surface area contributed by atoms with Gasteiger partial charge in [-0.15, -0.1) is 0 Å². The van der Waals surface area contributed by atoms with Gasteiger partial charge in [0.05, 0.1) is 4.90 Å². The van der Waals surface area contributed by atoms with Crippen molar-refractivity contribution < 1.29 is 28.0 Å². The molecule has 214 valence electrons. The summed E-state index contributed by atoms with van der Waals surface area (Å²) in [5.74, 6) is -0.0222. The van der Waals surface area contributed by atoms with Gasteiger partial charge >= 0.3 is 5.97 Å². The molecule has 4 aromatic rings. The maximum Gasteiger partial charge on any atom is 0.306 e. The van der Waals surface area contributed by atoms with Crippen LogP contribution in [0.4, 0.5) is 0 Å². The molecule has 7 nitrogen and oxygen atoms in total. The number of benzene rings is 4. The van der Waals surface area contributed by atoms with Crippen molar-refractivity contribution in [2.24, 2.45) is 5.92 Å². The van der Waals surface area contributed by atoms with E-state index < -0.39 is 15.7 Å². The Kier molecular flexibility index (Phi) is 12.0. The van der Waals surface area contributed by atoms with Crippen molar-refractivity contribution in [3.05, 3.63) is 114 Å². The molecule has 0 aliphatic rings. The van der Waals surface area contributed by atoms with Gasteiger partial charge in [0, 0.05) is 25.3 Å². The standard InChI is InChI=1S/C22H29NO2.C10H8O3S.H2O/c1-5-21(24)25-22(18(2)17-23(3)4,20-14-10-7-11-15-20)16-19-12-8-6-9-13-19;11-14(12,13)10-6-5-8-3-1-2-4-9(8)7-10;/h6-15,18H,5,16-17H2,1-4H3;1-7H,(H,11,12,13);1H2/t18-,22+;;/m0../s1. The zero-order valence-corrected chi connectivity index (χ0v) is 24.3. The fourth-order valence-corrected chi connectivity index (χ4v) is 5.19. The minimum absolute atomic E-state index is 0. The van der Waals surface area contributed by atoms with E-state index in [1.807, 2.05) is 61.5 Å². The van der Waals surface area contributed by atoms with E-state index in [9.17, 15) is 13.2 Å². The molecule has 0 bridgehead atoms. The van der Waals surface area contributed by atoms with Crippen LogP contribution in [0.5, 0.6) is 0 Å². The Morgan fingerprint density at radius 2 is 1.43 bits per heavy atom. The van der Waals surface area contributed by atoms with Crippen LogP contribution in [0.2, 0.25) is 0 Å². The number of fused-ring (bicyclic) bond motifs is 1. The van der Waals surface area contributed by atoms with Crippen LogP contribution in [0.3, 0.4) is 0 Å². The number of esters is 1. The minimum atomic E-state index is -4.09. The first-order chi connectivity index (χ1) is 18.5. The van der Waals surface area contributed by atoms with Crippen molar-refractivity contribution in [1.29, 1.82) is 0 Å². The van der Waals surface area contributed by atoms with Gasteiger partial charge in [-0.2, -0.15) is 8.42 Å². The second-order valence-corrected chi connectivity index (χ2v) is 11.3. The highest BCUT2D eigenvalue weighted by Crippen LogP contribution is 2.38. The zero-order chi connectivity index (χ0) is 28.5. The Bertz CT molecular complexity index is 1460. The molecule has 3 N–H and O–H groups in total. The summed E-state index contributed by atoms with van der Waals surface area (Å²) >= 11 is 0. The maximum absolute atomic E-state index is 12.3. The second kappa shape index (κ2) is 14.7. The number of carbonyl (C=O) groups is 1. The Morgan fingerprint density at radius 3 is 1.98 bits per heavy atom. The molecule has 0 fully saturated rings. The summed E-state index contributed by atoms with van der Waals surface area (Å²) in [6.07, 6.45) is 1.04. The molecule has 2 atom stereocenters. The van der Waals surface area contributed by atoms with Crippen LogP contribution < -0.4 is 0 Å². The van der Waals surface area contributed by atoms with E-state index in [1.54, 1.807) is 12.1 Å². The van der Waals surface area contributed by atoms with Crippen LogP contribution in [0.1, 0.15) is 31.4 Å². The first-order valence-corrected chi connectivity index (χ1v) is 14.4. The molecule has 0 aromatic heterocycles. The summed E-state index contributed by atoms with van der Waals surface area (Å²) in [5, 5.41) is 1.74. The van der Waals surface area contributed by atoms with Crippen molar-refractivity contribution in [3.63, 3.8) is 0 Å². The summed E-state index contributed by atoms with van der Waals surface area (Å²) in [6, 6.07) is 32.3. The molecule has 0 heterocycles. The van der Waals surface area contributed by atoms with Gasteiger partial charge in [-0.25, -0.2) is 0 Å². The number of carbonyl (C=O) groups excluding carboxylic acids is 1. The highest BCUT2D eigenvalue weighted by molar-refractivity contribution is 7.85. The van der Waals surface area contributed by atoms with Gasteiger partial charge in [0.1, 0.15) is 5.60 Å². The van der Waals surface area contributed by atoms with Gasteiger partial charge < -0.3 is 15.1 Å². The predicted octanol–water partition coefficient (Wildman–Crippen LogP) is 5.54. The van der Waals surface area contributed by atoms with Crippen molar-refractivity contribution in [3.8, 4) is 0 Å². The minimum Gasteiger partial charge on any atom is -0.453 e. The lowest BCUT2D eigenvalue weighted by Gasteiger charge is -2.40. The van der Waals surface area contributed by atoms with E-state index >= 15 is 0 Å². The number of hydrogen-bond acceptors (Lipinski definition) is 5. The van der Waals surface area contributed by atoms with Gasteiger partial charge in [-0.3, -0.25) is 9.35 Å². The van der Waals surface area contributed by atoms with E-state index in [0.29, 0.717) is 12.8 Å². The van der Waals surface area contributed by atoms with E-state index in [-0.39, 0.29) is 22.3 Å². The molecular formula is C32H39NO6S. The normalized spacial score (nSPS) is 13.3. The zero-order valence-electron chi connectivity index (χ0n) is 23.4. The smallest absolute Gasteiger partial charge is 0.306 e. The average Bonchev–Trinajstić information content (AvgIpc) is 2.92. The van der Waals surface area contributed by atoms with E-state index in [1.165, 1.54) is 17.7 Å². The first kappa shape index (κ1) is 32.7. The highest BCUT2D eigenvalue weighted by Gasteiger charge is 2.42. The Morgan fingerprint density at radius 1 is 0.875 bits per heavy atom. The van der Waals surface area contributed by atoms with Crippen LogP contribution in [0.15, 0.2) is 108 Å². The van der Waals surface area contributed by atoms with Crippen molar-refractivity contribution in [1.82, 2.24) is 4.90 Å². The Hall–Kier alpha value is -3.56. The molecule has 0 amide bonds. The van der Waals surface area contributed by atoms with Gasteiger partial charge in [0.25, 0.3) is 10.1 Å². The molecule has 0 aliphatic carbocycles. The molecule has 0 saturated heterocycles. The monoisotopic (exact) mass is 565 g/mol. The van der Waals surface area contributed by atoms with E-state index in [0.717, 1.165) is 22.9 Å². The van der Waals surface area contributed by atoms with Gasteiger partial charge in [0.2, 0.25) is 0 Å². The molecule has 0 unspecified atom stereocenters. The third kappa shape index (κ3) is 8.72. The topological polar surface area (TPSA) is 115 Å². The molecule has 40 heavy (non-hydrogen) atoms. The lowest BCUT2D eigenvalue weighted by molar-refractivity contribution is -0.168. The van der Waals surface area contributed by atoms with Crippen molar-refractivity contribution in [2.45, 2.75) is 37.2 Å². The summed E-state index contributed by atoms with van der Waals surface area (Å²) in [7, 11) is 0.00971. The summed E-state index contributed by atoms with van der Waals surface area (Å²) in [5.41, 5.74) is 1.54. The maximum atomic E-state index is 12.3. The summed E-state index contributed by atoms with van der Waals surface area (Å²) < 4.78 is 36.7. The van der Waals surface area contributed by atoms with Crippen LogP contribution in [0.25, 0.3) is 10.8 Å². The summed E-state index contributed by atoms with van der Waals surface area (Å²) in [6.45, 7) is 4.84. The van der Waals surface area contributed by atoms with Gasteiger partial charge in [0.15, 0.2) is 0 Å². The number of ether oxygens (including phenoxy) is 1. The lowest BCUT2D eigenvalue weighted by Crippen LogP contribution is -2.44. The van der Waals surface area contributed by atoms with E-state index in [4.69, 9.17) is 9.29 Å². The predicted molar refractivity (Wildman–Crippen MR) is 160 cm³/mol. The van der Waals surface area contributed by atoms with Gasteiger partial charge in [-0.05, 0) is 48.1 Å². The molecule has 0 radical (unpaired) electrons. The molecule has 4 aromatic carbocycles. The SMILES string of the molecule is CCC(=O)O[C@@](Cc1ccccc1)(c1ccccc1)[C@@H](C)CN(C)C.O.O=S(=O)(O)c1ccc2ccccc2c1. The third-order valence-corrected chi connectivity index (χ3v) is 7.46. The van der Waals surface area contributed by atoms with E-state index in [2.05, 4.69) is 50.2 Å². The fourth-order valence-electron chi connectivity index (χ4n) is 4.67. The first-order valence-electron chi connectivity index (χ1n) is 13.0. The fraction of sp³-hybridized carbons (Fsp3) is 0.281. The lowest BCUT2D eigenvalue weighted by atomic mass is 9.77. The number of rotatable bonds is 9. The molecule has 0 aliphatic heterocycles. The van der Waals surface area contributed by atoms with Crippen LogP contribution in [-0.2, 0) is 31.7 Å².